The molecule has 1 aromatic carbocycles. The minimum absolute atomic E-state index is 0. The smallest absolute Gasteiger partial charge is 0.192 e. The largest absolute Gasteiger partial charge is 0.493 e. The van der Waals surface area contributed by atoms with Gasteiger partial charge in [-0.3, -0.25) is 0 Å². The highest BCUT2D eigenvalue weighted by Gasteiger charge is 2.26. The molecule has 0 bridgehead atoms. The number of halogens is 1. The fourth-order valence-corrected chi connectivity index (χ4v) is 4.65. The number of ether oxygens (including phenoxy) is 1. The van der Waals surface area contributed by atoms with Crippen molar-refractivity contribution in [3.05, 3.63) is 41.5 Å². The number of aliphatic imine (C=N–C) groups is 1. The van der Waals surface area contributed by atoms with Crippen molar-refractivity contribution in [1.82, 2.24) is 25.4 Å². The highest BCUT2D eigenvalue weighted by atomic mass is 127. The fourth-order valence-electron chi connectivity index (χ4n) is 4.65. The second-order valence-electron chi connectivity index (χ2n) is 9.26. The van der Waals surface area contributed by atoms with Crippen molar-refractivity contribution in [3.8, 4) is 5.75 Å². The highest BCUT2D eigenvalue weighted by molar-refractivity contribution is 14.0. The molecule has 176 valence electrons. The van der Waals surface area contributed by atoms with Crippen LogP contribution >= 0.6 is 24.0 Å². The number of aryl methyl sites for hydroxylation is 1. The number of para-hydroxylation sites is 1. The van der Waals surface area contributed by atoms with E-state index in [1.807, 2.05) is 30.7 Å². The molecule has 0 radical (unpaired) electrons. The zero-order valence-electron chi connectivity index (χ0n) is 19.7. The predicted octanol–water partition coefficient (Wildman–Crippen LogP) is 4.52. The van der Waals surface area contributed by atoms with Gasteiger partial charge in [0.2, 0.25) is 0 Å². The minimum atomic E-state index is 0. The third kappa shape index (κ3) is 5.94. The Morgan fingerprint density at radius 3 is 2.56 bits per heavy atom. The monoisotopic (exact) mass is 552 g/mol. The lowest BCUT2D eigenvalue weighted by molar-refractivity contribution is 0.247. The molecule has 1 fully saturated rings. The Morgan fingerprint density at radius 2 is 1.88 bits per heavy atom. The van der Waals surface area contributed by atoms with Crippen molar-refractivity contribution >= 4 is 29.9 Å². The van der Waals surface area contributed by atoms with E-state index in [1.54, 1.807) is 0 Å². The maximum Gasteiger partial charge on any atom is 0.192 e. The normalized spacial score (nSPS) is 23.2. The number of aromatic nitrogens is 3. The molecule has 7 nitrogen and oxygen atoms in total. The van der Waals surface area contributed by atoms with Crippen molar-refractivity contribution < 1.29 is 4.74 Å². The number of benzene rings is 1. The number of hydrogen-bond donors (Lipinski definition) is 2. The average molecular weight is 553 g/mol. The van der Waals surface area contributed by atoms with Crippen LogP contribution in [0.3, 0.4) is 0 Å². The van der Waals surface area contributed by atoms with E-state index < -0.39 is 0 Å². The number of nitrogens with one attached hydrogen (secondary N) is 2. The molecule has 1 aromatic heterocycles. The van der Waals surface area contributed by atoms with Crippen molar-refractivity contribution in [2.75, 3.05) is 6.61 Å². The summed E-state index contributed by atoms with van der Waals surface area (Å²) in [6.07, 6.45) is 5.87. The van der Waals surface area contributed by atoms with Crippen LogP contribution in [0.15, 0.2) is 29.3 Å². The lowest BCUT2D eigenvalue weighted by Gasteiger charge is -2.33. The van der Waals surface area contributed by atoms with Gasteiger partial charge in [-0.05, 0) is 50.5 Å². The average Bonchev–Trinajstić information content (AvgIpc) is 3.10. The number of guanidine groups is 1. The molecule has 0 saturated heterocycles. The zero-order chi connectivity index (χ0) is 21.8. The van der Waals surface area contributed by atoms with E-state index in [4.69, 9.17) is 9.73 Å². The molecule has 1 saturated carbocycles. The lowest BCUT2D eigenvalue weighted by atomic mass is 9.80. The molecule has 2 aliphatic rings. The van der Waals surface area contributed by atoms with Gasteiger partial charge < -0.3 is 19.9 Å². The summed E-state index contributed by atoms with van der Waals surface area (Å²) in [4.78, 5) is 4.91. The first-order valence-electron chi connectivity index (χ1n) is 11.7. The van der Waals surface area contributed by atoms with Crippen LogP contribution in [0, 0.1) is 18.8 Å². The minimum Gasteiger partial charge on any atom is -0.493 e. The highest BCUT2D eigenvalue weighted by Crippen LogP contribution is 2.32. The predicted molar refractivity (Wildman–Crippen MR) is 138 cm³/mol. The lowest BCUT2D eigenvalue weighted by Crippen LogP contribution is -2.47. The van der Waals surface area contributed by atoms with Gasteiger partial charge in [0, 0.05) is 25.1 Å². The standard InChI is InChI=1S/C24H36N6O.HI/c1-16(2)18-9-11-19(12-10-18)26-24(25-15-23-29-28-17(3)30(23)4)27-21-13-14-31-22-8-6-5-7-20(21)22;/h5-8,16,18-19,21H,9-15H2,1-4H3,(H2,25,26,27);1H. The van der Waals surface area contributed by atoms with Crippen LogP contribution in [0.5, 0.6) is 5.75 Å². The van der Waals surface area contributed by atoms with E-state index in [9.17, 15) is 0 Å². The van der Waals surface area contributed by atoms with Gasteiger partial charge in [0.1, 0.15) is 18.1 Å². The molecule has 8 heteroatoms. The van der Waals surface area contributed by atoms with Crippen LogP contribution in [-0.4, -0.2) is 33.4 Å². The second kappa shape index (κ2) is 11.3. The Labute approximate surface area is 208 Å². The Balaban J connectivity index is 0.00000289. The molecular formula is C24H37IN6O. The van der Waals surface area contributed by atoms with Crippen LogP contribution in [-0.2, 0) is 13.6 Å². The van der Waals surface area contributed by atoms with Gasteiger partial charge in [0.15, 0.2) is 11.8 Å². The van der Waals surface area contributed by atoms with E-state index in [0.717, 1.165) is 41.6 Å². The molecule has 1 unspecified atom stereocenters. The summed E-state index contributed by atoms with van der Waals surface area (Å²) in [7, 11) is 1.99. The van der Waals surface area contributed by atoms with E-state index in [-0.39, 0.29) is 30.0 Å². The number of hydrogen-bond acceptors (Lipinski definition) is 4. The van der Waals surface area contributed by atoms with E-state index in [0.29, 0.717) is 19.2 Å². The molecule has 1 atom stereocenters. The Hall–Kier alpha value is -1.84. The molecular weight excluding hydrogens is 515 g/mol. The van der Waals surface area contributed by atoms with Gasteiger partial charge in [-0.25, -0.2) is 4.99 Å². The summed E-state index contributed by atoms with van der Waals surface area (Å²) < 4.78 is 7.84. The fraction of sp³-hybridized carbons (Fsp3) is 0.625. The summed E-state index contributed by atoms with van der Waals surface area (Å²) in [5.74, 6) is 5.20. The number of rotatable bonds is 5. The Bertz CT molecular complexity index is 904. The molecule has 32 heavy (non-hydrogen) atoms. The molecule has 1 aliphatic carbocycles. The van der Waals surface area contributed by atoms with Crippen LogP contribution < -0.4 is 15.4 Å². The van der Waals surface area contributed by atoms with E-state index in [1.165, 1.54) is 31.2 Å². The molecule has 2 heterocycles. The second-order valence-corrected chi connectivity index (χ2v) is 9.26. The topological polar surface area (TPSA) is 76.4 Å². The number of nitrogens with zero attached hydrogens (tertiary/aromatic N) is 4. The zero-order valence-corrected chi connectivity index (χ0v) is 22.0. The van der Waals surface area contributed by atoms with E-state index >= 15 is 0 Å². The van der Waals surface area contributed by atoms with Crippen LogP contribution in [0.25, 0.3) is 0 Å². The first kappa shape index (κ1) is 24.8. The third-order valence-corrected chi connectivity index (χ3v) is 6.89. The van der Waals surface area contributed by atoms with Crippen molar-refractivity contribution in [2.24, 2.45) is 23.9 Å². The van der Waals surface area contributed by atoms with Gasteiger partial charge in [-0.1, -0.05) is 32.0 Å². The third-order valence-electron chi connectivity index (χ3n) is 6.89. The maximum absolute atomic E-state index is 5.85. The van der Waals surface area contributed by atoms with Gasteiger partial charge in [-0.2, -0.15) is 0 Å². The molecule has 0 spiro atoms. The first-order valence-corrected chi connectivity index (χ1v) is 11.7. The van der Waals surface area contributed by atoms with Crippen molar-refractivity contribution in [2.45, 2.75) is 71.5 Å². The maximum atomic E-state index is 5.85. The van der Waals surface area contributed by atoms with Gasteiger partial charge in [0.05, 0.1) is 12.6 Å². The summed E-state index contributed by atoms with van der Waals surface area (Å²) >= 11 is 0. The Kier molecular flexibility index (Phi) is 8.79. The number of fused-ring (bicyclic) bond motifs is 1. The summed E-state index contributed by atoms with van der Waals surface area (Å²) in [5, 5.41) is 15.9. The van der Waals surface area contributed by atoms with Crippen molar-refractivity contribution in [1.29, 1.82) is 0 Å². The van der Waals surface area contributed by atoms with Gasteiger partial charge in [-0.15, -0.1) is 34.2 Å². The van der Waals surface area contributed by atoms with Crippen molar-refractivity contribution in [3.63, 3.8) is 0 Å². The molecule has 4 rings (SSSR count). The summed E-state index contributed by atoms with van der Waals surface area (Å²) in [6.45, 7) is 7.86. The SMILES string of the molecule is Cc1nnc(CN=C(NC2CCC(C(C)C)CC2)NC2CCOc3ccccc32)n1C.I. The Morgan fingerprint density at radius 1 is 1.12 bits per heavy atom. The molecule has 2 aromatic rings. The van der Waals surface area contributed by atoms with Crippen LogP contribution in [0.2, 0.25) is 0 Å². The molecule has 2 N–H and O–H groups in total. The molecule has 0 amide bonds. The molecule has 1 aliphatic heterocycles. The van der Waals surface area contributed by atoms with Gasteiger partial charge in [0.25, 0.3) is 0 Å². The van der Waals surface area contributed by atoms with Gasteiger partial charge >= 0.3 is 0 Å². The summed E-state index contributed by atoms with van der Waals surface area (Å²) in [6, 6.07) is 8.93. The van der Waals surface area contributed by atoms with Crippen LogP contribution in [0.4, 0.5) is 0 Å². The van der Waals surface area contributed by atoms with E-state index in [2.05, 4.69) is 46.8 Å². The summed E-state index contributed by atoms with van der Waals surface area (Å²) in [5.41, 5.74) is 1.20. The van der Waals surface area contributed by atoms with Crippen LogP contribution in [0.1, 0.15) is 69.2 Å². The quantitative estimate of drug-likeness (QED) is 0.324. The first-order chi connectivity index (χ1) is 15.0.